The number of para-hydroxylation sites is 1. The number of rotatable bonds is 10. The molecular weight excluding hydrogens is 558 g/mol. The van der Waals surface area contributed by atoms with Crippen LogP contribution in [-0.4, -0.2) is 37.5 Å². The highest BCUT2D eigenvalue weighted by Gasteiger charge is 2.36. The Bertz CT molecular complexity index is 1450. The third-order valence-electron chi connectivity index (χ3n) is 5.76. The summed E-state index contributed by atoms with van der Waals surface area (Å²) in [6.45, 7) is 0. The highest BCUT2D eigenvalue weighted by Crippen LogP contribution is 2.41. The van der Waals surface area contributed by atoms with E-state index < -0.39 is 23.7 Å². The number of carbonyl (C=O) groups is 2. The summed E-state index contributed by atoms with van der Waals surface area (Å²) in [4.78, 5) is 28.1. The number of nitriles is 1. The standard InChI is InChI=1S/C28H24F2N4O4S2/c1-37-22-13-8-17(14-23(22)38-2)25-33-26(36)21(15-31)27(34(25)19-6-4-3-5-7-19)39-16-24(35)32-18-9-11-20(12-10-18)40-28(29)30/h3-14,25,28H,16H2,1-2H3,(H,32,35)(H,33,36). The molecule has 0 bridgehead atoms. The van der Waals surface area contributed by atoms with Crippen LogP contribution in [0.3, 0.4) is 0 Å². The molecule has 1 unspecified atom stereocenters. The highest BCUT2D eigenvalue weighted by atomic mass is 32.2. The zero-order valence-corrected chi connectivity index (χ0v) is 23.0. The van der Waals surface area contributed by atoms with Crippen molar-refractivity contribution in [2.45, 2.75) is 16.8 Å². The second-order valence-electron chi connectivity index (χ2n) is 8.23. The molecule has 0 aromatic heterocycles. The number of halogens is 2. The zero-order chi connectivity index (χ0) is 28.6. The normalized spacial score (nSPS) is 14.9. The maximum atomic E-state index is 13.1. The molecule has 40 heavy (non-hydrogen) atoms. The molecule has 1 heterocycles. The van der Waals surface area contributed by atoms with Crippen molar-refractivity contribution < 1.29 is 27.8 Å². The van der Waals surface area contributed by atoms with Gasteiger partial charge in [0.1, 0.15) is 22.8 Å². The van der Waals surface area contributed by atoms with E-state index in [0.717, 1.165) is 11.8 Å². The van der Waals surface area contributed by atoms with E-state index in [2.05, 4.69) is 10.6 Å². The van der Waals surface area contributed by atoms with E-state index in [0.29, 0.717) is 50.1 Å². The van der Waals surface area contributed by atoms with Gasteiger partial charge < -0.3 is 25.0 Å². The molecule has 3 aromatic rings. The molecule has 0 aliphatic carbocycles. The van der Waals surface area contributed by atoms with E-state index >= 15 is 0 Å². The SMILES string of the molecule is COc1ccc(C2NC(=O)C(C#N)=C(SCC(=O)Nc3ccc(SC(F)F)cc3)N2c2ccccc2)cc1OC. The van der Waals surface area contributed by atoms with Gasteiger partial charge in [0.2, 0.25) is 5.91 Å². The summed E-state index contributed by atoms with van der Waals surface area (Å²) in [5, 5.41) is 15.8. The molecule has 0 spiro atoms. The Balaban J connectivity index is 1.63. The molecule has 2 N–H and O–H groups in total. The lowest BCUT2D eigenvalue weighted by Crippen LogP contribution is -2.46. The van der Waals surface area contributed by atoms with E-state index in [4.69, 9.17) is 9.47 Å². The lowest BCUT2D eigenvalue weighted by atomic mass is 10.1. The number of ether oxygens (including phenoxy) is 2. The van der Waals surface area contributed by atoms with Crippen LogP contribution in [0.15, 0.2) is 88.3 Å². The van der Waals surface area contributed by atoms with E-state index in [1.54, 1.807) is 23.1 Å². The Morgan fingerprint density at radius 1 is 1.07 bits per heavy atom. The number of benzene rings is 3. The first kappa shape index (κ1) is 28.8. The molecule has 4 rings (SSSR count). The summed E-state index contributed by atoms with van der Waals surface area (Å²) < 4.78 is 35.9. The maximum Gasteiger partial charge on any atom is 0.288 e. The number of hydrogen-bond acceptors (Lipinski definition) is 8. The van der Waals surface area contributed by atoms with Crippen LogP contribution < -0.4 is 25.0 Å². The van der Waals surface area contributed by atoms with Gasteiger partial charge >= 0.3 is 0 Å². The van der Waals surface area contributed by atoms with Gasteiger partial charge in [-0.1, -0.05) is 47.8 Å². The smallest absolute Gasteiger partial charge is 0.288 e. The number of hydrogen-bond donors (Lipinski definition) is 2. The fraction of sp³-hybridized carbons (Fsp3) is 0.179. The van der Waals surface area contributed by atoms with Crippen LogP contribution in [-0.2, 0) is 9.59 Å². The lowest BCUT2D eigenvalue weighted by molar-refractivity contribution is -0.118. The van der Waals surface area contributed by atoms with E-state index in [9.17, 15) is 23.6 Å². The molecule has 1 aliphatic heterocycles. The molecule has 12 heteroatoms. The number of nitrogens with zero attached hydrogens (tertiary/aromatic N) is 2. The fourth-order valence-corrected chi connectivity index (χ4v) is 5.47. The summed E-state index contributed by atoms with van der Waals surface area (Å²) >= 11 is 1.46. The van der Waals surface area contributed by atoms with Crippen molar-refractivity contribution in [1.29, 1.82) is 5.26 Å². The Labute approximate surface area is 238 Å². The fourth-order valence-electron chi connectivity index (χ4n) is 4.00. The molecular formula is C28H24F2N4O4S2. The molecule has 2 amide bonds. The molecule has 0 fully saturated rings. The molecule has 1 aliphatic rings. The molecule has 0 radical (unpaired) electrons. The Kier molecular flexibility index (Phi) is 9.52. The van der Waals surface area contributed by atoms with Crippen molar-refractivity contribution in [2.75, 3.05) is 30.2 Å². The van der Waals surface area contributed by atoms with Crippen molar-refractivity contribution in [3.63, 3.8) is 0 Å². The average molecular weight is 583 g/mol. The number of methoxy groups -OCH3 is 2. The first-order chi connectivity index (χ1) is 19.3. The van der Waals surface area contributed by atoms with Crippen LogP contribution in [0.4, 0.5) is 20.2 Å². The number of alkyl halides is 2. The largest absolute Gasteiger partial charge is 0.493 e. The third-order valence-corrected chi connectivity index (χ3v) is 7.56. The van der Waals surface area contributed by atoms with Crippen LogP contribution in [0.25, 0.3) is 0 Å². The average Bonchev–Trinajstić information content (AvgIpc) is 2.96. The minimum absolute atomic E-state index is 0.122. The predicted octanol–water partition coefficient (Wildman–Crippen LogP) is 5.76. The Morgan fingerprint density at radius 2 is 1.77 bits per heavy atom. The van der Waals surface area contributed by atoms with Gasteiger partial charge in [-0.15, -0.1) is 0 Å². The first-order valence-electron chi connectivity index (χ1n) is 11.8. The summed E-state index contributed by atoms with van der Waals surface area (Å²) in [5.41, 5.74) is 1.65. The summed E-state index contributed by atoms with van der Waals surface area (Å²) in [7, 11) is 3.03. The number of anilines is 2. The van der Waals surface area contributed by atoms with Crippen LogP contribution in [0, 0.1) is 11.3 Å². The van der Waals surface area contributed by atoms with Crippen molar-refractivity contribution in [3.05, 3.63) is 89.0 Å². The van der Waals surface area contributed by atoms with Gasteiger partial charge in [0.25, 0.3) is 11.7 Å². The molecule has 3 aromatic carbocycles. The lowest BCUT2D eigenvalue weighted by Gasteiger charge is -2.39. The number of carbonyl (C=O) groups excluding carboxylic acids is 2. The predicted molar refractivity (Wildman–Crippen MR) is 151 cm³/mol. The molecule has 8 nitrogen and oxygen atoms in total. The minimum atomic E-state index is -2.54. The van der Waals surface area contributed by atoms with Gasteiger partial charge in [-0.3, -0.25) is 9.59 Å². The van der Waals surface area contributed by atoms with Crippen LogP contribution in [0.5, 0.6) is 11.5 Å². The second kappa shape index (κ2) is 13.2. The van der Waals surface area contributed by atoms with Crippen LogP contribution in [0.1, 0.15) is 11.7 Å². The third kappa shape index (κ3) is 6.67. The Hall–Kier alpha value is -4.21. The first-order valence-corrected chi connectivity index (χ1v) is 13.7. The number of amides is 2. The summed E-state index contributed by atoms with van der Waals surface area (Å²) in [5.74, 6) is -2.66. The summed E-state index contributed by atoms with van der Waals surface area (Å²) in [6, 6.07) is 22.4. The van der Waals surface area contributed by atoms with Gasteiger partial charge in [0.05, 0.1) is 20.0 Å². The van der Waals surface area contributed by atoms with Gasteiger partial charge in [0, 0.05) is 16.3 Å². The monoisotopic (exact) mass is 582 g/mol. The Morgan fingerprint density at radius 3 is 2.40 bits per heavy atom. The van der Waals surface area contributed by atoms with Gasteiger partial charge in [0.15, 0.2) is 11.5 Å². The van der Waals surface area contributed by atoms with Crippen molar-refractivity contribution in [1.82, 2.24) is 5.32 Å². The minimum Gasteiger partial charge on any atom is -0.493 e. The van der Waals surface area contributed by atoms with E-state index in [1.807, 2.05) is 36.4 Å². The molecule has 206 valence electrons. The number of nitrogens with one attached hydrogen (secondary N) is 2. The van der Waals surface area contributed by atoms with Crippen LogP contribution in [0.2, 0.25) is 0 Å². The van der Waals surface area contributed by atoms with E-state index in [-0.39, 0.29) is 11.3 Å². The zero-order valence-electron chi connectivity index (χ0n) is 21.4. The summed E-state index contributed by atoms with van der Waals surface area (Å²) in [6.07, 6.45) is -0.725. The van der Waals surface area contributed by atoms with Gasteiger partial charge in [-0.2, -0.15) is 14.0 Å². The quantitative estimate of drug-likeness (QED) is 0.291. The van der Waals surface area contributed by atoms with E-state index in [1.165, 1.54) is 38.5 Å². The van der Waals surface area contributed by atoms with Crippen molar-refractivity contribution >= 4 is 46.7 Å². The van der Waals surface area contributed by atoms with Gasteiger partial charge in [-0.05, 0) is 54.1 Å². The van der Waals surface area contributed by atoms with Crippen molar-refractivity contribution in [2.24, 2.45) is 0 Å². The molecule has 0 saturated carbocycles. The highest BCUT2D eigenvalue weighted by molar-refractivity contribution is 8.03. The topological polar surface area (TPSA) is 104 Å². The van der Waals surface area contributed by atoms with Gasteiger partial charge in [-0.25, -0.2) is 0 Å². The molecule has 0 saturated heterocycles. The molecule has 1 atom stereocenters. The van der Waals surface area contributed by atoms with Crippen LogP contribution >= 0.6 is 23.5 Å². The second-order valence-corrected chi connectivity index (χ2v) is 10.3. The van der Waals surface area contributed by atoms with Crippen molar-refractivity contribution in [3.8, 4) is 17.6 Å². The number of thioether (sulfide) groups is 2. The maximum absolute atomic E-state index is 13.1.